The number of aromatic nitrogens is 2. The molecule has 0 fully saturated rings. The summed E-state index contributed by atoms with van der Waals surface area (Å²) in [5, 5.41) is 0. The Balaban J connectivity index is 1.92. The van der Waals surface area contributed by atoms with Gasteiger partial charge < -0.3 is 0 Å². The smallest absolute Gasteiger partial charge is 0.292 e. The van der Waals surface area contributed by atoms with E-state index in [0.717, 1.165) is 35.4 Å². The maximum Gasteiger partial charge on any atom is 0.416 e. The van der Waals surface area contributed by atoms with Gasteiger partial charge in [-0.3, -0.25) is 4.57 Å². The fourth-order valence-electron chi connectivity index (χ4n) is 3.63. The molecule has 1 aromatic heterocycles. The molecule has 0 radical (unpaired) electrons. The molecule has 4 aromatic rings. The minimum absolute atomic E-state index is 0.411. The summed E-state index contributed by atoms with van der Waals surface area (Å²) in [7, 11) is 0. The Morgan fingerprint density at radius 3 is 1.55 bits per heavy atom. The standard InChI is InChI=1S/C25H18F6N2/c1-15-3-5-18(6-4-15)23-32-16(2)22(17-7-9-19(10-8-17)24(26,27)28)33(23)21-13-11-20(12-14-21)25(29,30)31/h3-14H,1-2H3. The number of hydrogen-bond donors (Lipinski definition) is 0. The number of nitrogens with zero attached hydrogens (tertiary/aromatic N) is 2. The summed E-state index contributed by atoms with van der Waals surface area (Å²) in [6.07, 6.45) is -8.96. The van der Waals surface area contributed by atoms with Gasteiger partial charge in [0.1, 0.15) is 5.82 Å². The molecular formula is C25H18F6N2. The predicted octanol–water partition coefficient (Wildman–Crippen LogP) is 7.86. The fraction of sp³-hybridized carbons (Fsp3) is 0.160. The second kappa shape index (κ2) is 8.10. The topological polar surface area (TPSA) is 17.8 Å². The number of aryl methyl sites for hydroxylation is 2. The third-order valence-corrected chi connectivity index (χ3v) is 5.30. The van der Waals surface area contributed by atoms with E-state index in [0.29, 0.717) is 28.5 Å². The van der Waals surface area contributed by atoms with Crippen LogP contribution in [0.15, 0.2) is 72.8 Å². The first-order chi connectivity index (χ1) is 15.4. The Morgan fingerprint density at radius 2 is 1.06 bits per heavy atom. The van der Waals surface area contributed by atoms with E-state index in [-0.39, 0.29) is 0 Å². The van der Waals surface area contributed by atoms with Crippen molar-refractivity contribution in [3.05, 3.63) is 95.2 Å². The molecule has 0 aliphatic carbocycles. The second-order valence-corrected chi connectivity index (χ2v) is 7.69. The van der Waals surface area contributed by atoms with Gasteiger partial charge in [-0.2, -0.15) is 26.3 Å². The first-order valence-electron chi connectivity index (χ1n) is 9.97. The van der Waals surface area contributed by atoms with Crippen molar-refractivity contribution in [2.75, 3.05) is 0 Å². The van der Waals surface area contributed by atoms with Gasteiger partial charge in [0.15, 0.2) is 0 Å². The maximum absolute atomic E-state index is 13.1. The Labute approximate surface area is 186 Å². The first kappa shape index (κ1) is 22.6. The molecular weight excluding hydrogens is 442 g/mol. The van der Waals surface area contributed by atoms with Gasteiger partial charge >= 0.3 is 12.4 Å². The van der Waals surface area contributed by atoms with E-state index in [2.05, 4.69) is 4.98 Å². The van der Waals surface area contributed by atoms with Gasteiger partial charge in [0.2, 0.25) is 0 Å². The van der Waals surface area contributed by atoms with Crippen LogP contribution >= 0.6 is 0 Å². The van der Waals surface area contributed by atoms with Gasteiger partial charge in [0, 0.05) is 16.8 Å². The Hall–Kier alpha value is -3.55. The van der Waals surface area contributed by atoms with Crippen molar-refractivity contribution in [1.29, 1.82) is 0 Å². The summed E-state index contributed by atoms with van der Waals surface area (Å²) in [5.74, 6) is 0.474. The van der Waals surface area contributed by atoms with Crippen molar-refractivity contribution in [3.8, 4) is 28.3 Å². The van der Waals surface area contributed by atoms with E-state index >= 15 is 0 Å². The molecule has 1 heterocycles. The normalized spacial score (nSPS) is 12.2. The van der Waals surface area contributed by atoms with Gasteiger partial charge in [-0.05, 0) is 50.2 Å². The highest BCUT2D eigenvalue weighted by atomic mass is 19.4. The molecule has 0 bridgehead atoms. The molecule has 0 aliphatic rings. The molecule has 0 atom stereocenters. The second-order valence-electron chi connectivity index (χ2n) is 7.69. The van der Waals surface area contributed by atoms with Crippen molar-refractivity contribution >= 4 is 0 Å². The Morgan fingerprint density at radius 1 is 0.606 bits per heavy atom. The van der Waals surface area contributed by atoms with Crippen LogP contribution in [-0.2, 0) is 12.4 Å². The predicted molar refractivity (Wildman–Crippen MR) is 114 cm³/mol. The molecule has 0 spiro atoms. The van der Waals surface area contributed by atoms with Crippen LogP contribution < -0.4 is 0 Å². The molecule has 0 saturated heterocycles. The molecule has 2 nitrogen and oxygen atoms in total. The third kappa shape index (κ3) is 4.51. The van der Waals surface area contributed by atoms with E-state index < -0.39 is 23.5 Å². The molecule has 0 unspecified atom stereocenters. The third-order valence-electron chi connectivity index (χ3n) is 5.30. The number of hydrogen-bond acceptors (Lipinski definition) is 1. The van der Waals surface area contributed by atoms with E-state index in [1.807, 2.05) is 31.2 Å². The Kier molecular flexibility index (Phi) is 5.56. The van der Waals surface area contributed by atoms with Gasteiger partial charge in [0.25, 0.3) is 0 Å². The lowest BCUT2D eigenvalue weighted by molar-refractivity contribution is -0.138. The zero-order valence-corrected chi connectivity index (χ0v) is 17.6. The van der Waals surface area contributed by atoms with Crippen LogP contribution in [-0.4, -0.2) is 9.55 Å². The average Bonchev–Trinajstić information content (AvgIpc) is 3.10. The van der Waals surface area contributed by atoms with E-state index in [1.54, 1.807) is 11.5 Å². The van der Waals surface area contributed by atoms with Crippen molar-refractivity contribution < 1.29 is 26.3 Å². The highest BCUT2D eigenvalue weighted by Crippen LogP contribution is 2.37. The fourth-order valence-corrected chi connectivity index (χ4v) is 3.63. The number of imidazole rings is 1. The molecule has 4 rings (SSSR count). The van der Waals surface area contributed by atoms with Crippen molar-refractivity contribution in [1.82, 2.24) is 9.55 Å². The monoisotopic (exact) mass is 460 g/mol. The SMILES string of the molecule is Cc1ccc(-c2nc(C)c(-c3ccc(C(F)(F)F)cc3)n2-c2ccc(C(F)(F)F)cc2)cc1. The summed E-state index contributed by atoms with van der Waals surface area (Å²) in [4.78, 5) is 4.62. The van der Waals surface area contributed by atoms with Crippen LogP contribution in [0.3, 0.4) is 0 Å². The molecule has 0 saturated carbocycles. The zero-order chi connectivity index (χ0) is 24.0. The Bertz CT molecular complexity index is 1260. The minimum atomic E-state index is -4.49. The van der Waals surface area contributed by atoms with Crippen LogP contribution in [0.1, 0.15) is 22.4 Å². The van der Waals surface area contributed by atoms with Gasteiger partial charge in [-0.15, -0.1) is 0 Å². The van der Waals surface area contributed by atoms with E-state index in [9.17, 15) is 26.3 Å². The molecule has 0 aliphatic heterocycles. The van der Waals surface area contributed by atoms with Crippen LogP contribution in [0, 0.1) is 13.8 Å². The number of rotatable bonds is 3. The molecule has 0 amide bonds. The minimum Gasteiger partial charge on any atom is -0.292 e. The molecule has 170 valence electrons. The molecule has 8 heteroatoms. The van der Waals surface area contributed by atoms with Gasteiger partial charge in [-0.1, -0.05) is 42.0 Å². The van der Waals surface area contributed by atoms with Gasteiger partial charge in [0.05, 0.1) is 22.5 Å². The summed E-state index contributed by atoms with van der Waals surface area (Å²) in [6.45, 7) is 3.64. The van der Waals surface area contributed by atoms with Crippen LogP contribution in [0.2, 0.25) is 0 Å². The average molecular weight is 460 g/mol. The first-order valence-corrected chi connectivity index (χ1v) is 9.97. The van der Waals surface area contributed by atoms with Crippen LogP contribution in [0.5, 0.6) is 0 Å². The largest absolute Gasteiger partial charge is 0.416 e. The lowest BCUT2D eigenvalue weighted by Gasteiger charge is -2.15. The number of alkyl halides is 6. The van der Waals surface area contributed by atoms with Crippen LogP contribution in [0.4, 0.5) is 26.3 Å². The highest BCUT2D eigenvalue weighted by Gasteiger charge is 2.31. The van der Waals surface area contributed by atoms with Crippen molar-refractivity contribution in [2.24, 2.45) is 0 Å². The number of halogens is 6. The van der Waals surface area contributed by atoms with Crippen LogP contribution in [0.25, 0.3) is 28.3 Å². The molecule has 3 aromatic carbocycles. The van der Waals surface area contributed by atoms with Gasteiger partial charge in [-0.25, -0.2) is 4.98 Å². The summed E-state index contributed by atoms with van der Waals surface area (Å²) in [6, 6.07) is 16.7. The molecule has 0 N–H and O–H groups in total. The highest BCUT2D eigenvalue weighted by molar-refractivity contribution is 5.72. The summed E-state index contributed by atoms with van der Waals surface area (Å²) in [5.41, 5.74) is 2.07. The van der Waals surface area contributed by atoms with E-state index in [1.165, 1.54) is 24.3 Å². The van der Waals surface area contributed by atoms with Crippen molar-refractivity contribution in [3.63, 3.8) is 0 Å². The molecule has 33 heavy (non-hydrogen) atoms. The zero-order valence-electron chi connectivity index (χ0n) is 17.6. The quantitative estimate of drug-likeness (QED) is 0.285. The summed E-state index contributed by atoms with van der Waals surface area (Å²) < 4.78 is 80.0. The van der Waals surface area contributed by atoms with E-state index in [4.69, 9.17) is 0 Å². The lowest BCUT2D eigenvalue weighted by Crippen LogP contribution is -2.06. The van der Waals surface area contributed by atoms with Crippen molar-refractivity contribution in [2.45, 2.75) is 26.2 Å². The number of benzene rings is 3. The lowest BCUT2D eigenvalue weighted by atomic mass is 10.1. The maximum atomic E-state index is 13.1. The summed E-state index contributed by atoms with van der Waals surface area (Å²) >= 11 is 0.